The molecule has 0 spiro atoms. The highest BCUT2D eigenvalue weighted by molar-refractivity contribution is 5.95. The summed E-state index contributed by atoms with van der Waals surface area (Å²) in [4.78, 5) is 26.3. The minimum atomic E-state index is -0.969. The van der Waals surface area contributed by atoms with Crippen molar-refractivity contribution in [2.45, 2.75) is 25.8 Å². The van der Waals surface area contributed by atoms with E-state index in [4.69, 9.17) is 9.47 Å². The van der Waals surface area contributed by atoms with Gasteiger partial charge >= 0.3 is 5.97 Å². The second-order valence-corrected chi connectivity index (χ2v) is 6.54. The van der Waals surface area contributed by atoms with Gasteiger partial charge in [0.2, 0.25) is 0 Å². The fraction of sp³-hybridized carbons (Fsp3) is 0.421. The Labute approximate surface area is 157 Å². The van der Waals surface area contributed by atoms with E-state index in [-0.39, 0.29) is 12.3 Å². The summed E-state index contributed by atoms with van der Waals surface area (Å²) in [5.74, 6) is -0.0812. The molecule has 1 aromatic heterocycles. The number of rotatable bonds is 5. The van der Waals surface area contributed by atoms with Gasteiger partial charge in [0.15, 0.2) is 11.5 Å². The van der Waals surface area contributed by atoms with Crippen LogP contribution < -0.4 is 9.47 Å². The van der Waals surface area contributed by atoms with Gasteiger partial charge in [0.1, 0.15) is 0 Å². The van der Waals surface area contributed by atoms with Gasteiger partial charge in [-0.3, -0.25) is 14.3 Å². The summed E-state index contributed by atoms with van der Waals surface area (Å²) >= 11 is 0. The number of hydrogen-bond donors (Lipinski definition) is 1. The summed E-state index contributed by atoms with van der Waals surface area (Å²) in [6.45, 7) is 2.24. The molecule has 8 heteroatoms. The Morgan fingerprint density at radius 2 is 1.93 bits per heavy atom. The van der Waals surface area contributed by atoms with Crippen LogP contribution in [0.25, 0.3) is 0 Å². The molecule has 2 aromatic rings. The van der Waals surface area contributed by atoms with E-state index in [0.29, 0.717) is 30.0 Å². The van der Waals surface area contributed by atoms with Crippen LogP contribution in [0.15, 0.2) is 18.3 Å². The molecule has 0 fully saturated rings. The number of carboxylic acids is 1. The van der Waals surface area contributed by atoms with E-state index in [1.54, 1.807) is 29.8 Å². The van der Waals surface area contributed by atoms with Crippen molar-refractivity contribution in [1.82, 2.24) is 14.7 Å². The summed E-state index contributed by atoms with van der Waals surface area (Å²) in [5, 5.41) is 13.6. The molecule has 1 aliphatic rings. The van der Waals surface area contributed by atoms with Crippen LogP contribution >= 0.6 is 0 Å². The Bertz CT molecular complexity index is 890. The highest BCUT2D eigenvalue weighted by Crippen LogP contribution is 2.40. The van der Waals surface area contributed by atoms with Crippen LogP contribution in [-0.2, 0) is 18.3 Å². The zero-order valence-electron chi connectivity index (χ0n) is 15.9. The van der Waals surface area contributed by atoms with Crippen molar-refractivity contribution in [3.05, 3.63) is 40.7 Å². The van der Waals surface area contributed by atoms with Crippen molar-refractivity contribution in [3.8, 4) is 11.5 Å². The number of amides is 1. The van der Waals surface area contributed by atoms with Crippen LogP contribution in [0.3, 0.4) is 0 Å². The largest absolute Gasteiger partial charge is 0.493 e. The number of nitrogens with zero attached hydrogens (tertiary/aromatic N) is 3. The van der Waals surface area contributed by atoms with E-state index in [1.165, 1.54) is 13.3 Å². The first-order valence-electron chi connectivity index (χ1n) is 8.63. The zero-order chi connectivity index (χ0) is 19.7. The smallest absolute Gasteiger partial charge is 0.305 e. The SMILES string of the molecule is COc1cc2c(cc1OC)C(CC(=O)O)N(C(=O)c1cnn(C)c1C)CC2. The van der Waals surface area contributed by atoms with E-state index in [9.17, 15) is 14.7 Å². The number of carboxylic acid groups (broad SMARTS) is 1. The highest BCUT2D eigenvalue weighted by Gasteiger charge is 2.35. The third-order valence-electron chi connectivity index (χ3n) is 5.10. The molecule has 2 heterocycles. The predicted octanol–water partition coefficient (Wildman–Crippen LogP) is 1.96. The number of methoxy groups -OCH3 is 2. The Hall–Kier alpha value is -3.03. The Balaban J connectivity index is 2.05. The Morgan fingerprint density at radius 1 is 1.26 bits per heavy atom. The lowest BCUT2D eigenvalue weighted by Crippen LogP contribution is -2.41. The molecule has 3 rings (SSSR count). The van der Waals surface area contributed by atoms with E-state index in [0.717, 1.165) is 16.8 Å². The van der Waals surface area contributed by atoms with Crippen molar-refractivity contribution in [3.63, 3.8) is 0 Å². The van der Waals surface area contributed by atoms with Gasteiger partial charge < -0.3 is 19.5 Å². The number of benzene rings is 1. The first-order valence-corrected chi connectivity index (χ1v) is 8.63. The van der Waals surface area contributed by atoms with Crippen molar-refractivity contribution < 1.29 is 24.2 Å². The lowest BCUT2D eigenvalue weighted by Gasteiger charge is -2.37. The molecule has 1 atom stereocenters. The third-order valence-corrected chi connectivity index (χ3v) is 5.10. The van der Waals surface area contributed by atoms with Gasteiger partial charge in [-0.1, -0.05) is 0 Å². The summed E-state index contributed by atoms with van der Waals surface area (Å²) < 4.78 is 12.3. The molecule has 0 saturated carbocycles. The number of fused-ring (bicyclic) bond motifs is 1. The molecule has 144 valence electrons. The average molecular weight is 373 g/mol. The molecular formula is C19H23N3O5. The summed E-state index contributed by atoms with van der Waals surface area (Å²) in [7, 11) is 4.85. The minimum absolute atomic E-state index is 0.187. The number of carbonyl (C=O) groups excluding carboxylic acids is 1. The van der Waals surface area contributed by atoms with Crippen LogP contribution in [-0.4, -0.2) is 52.4 Å². The number of ether oxygens (including phenoxy) is 2. The van der Waals surface area contributed by atoms with Gasteiger partial charge in [0.05, 0.1) is 38.4 Å². The highest BCUT2D eigenvalue weighted by atomic mass is 16.5. The van der Waals surface area contributed by atoms with Crippen LogP contribution in [0.1, 0.15) is 39.6 Å². The van der Waals surface area contributed by atoms with Crippen LogP contribution in [0.4, 0.5) is 0 Å². The normalized spacial score (nSPS) is 16.0. The van der Waals surface area contributed by atoms with E-state index >= 15 is 0 Å². The van der Waals surface area contributed by atoms with E-state index in [2.05, 4.69) is 5.10 Å². The summed E-state index contributed by atoms with van der Waals surface area (Å²) in [6, 6.07) is 3.05. The van der Waals surface area contributed by atoms with E-state index < -0.39 is 12.0 Å². The van der Waals surface area contributed by atoms with Crippen molar-refractivity contribution >= 4 is 11.9 Å². The molecule has 1 aliphatic heterocycles. The average Bonchev–Trinajstić information content (AvgIpc) is 2.98. The second kappa shape index (κ2) is 7.30. The predicted molar refractivity (Wildman–Crippen MR) is 97.2 cm³/mol. The standard InChI is InChI=1S/C19H23N3O5/c1-11-14(10-20-21(11)2)19(25)22-6-5-12-7-16(26-3)17(27-4)8-13(12)15(22)9-18(23)24/h7-8,10,15H,5-6,9H2,1-4H3,(H,23,24). The molecule has 1 N–H and O–H groups in total. The molecule has 0 saturated heterocycles. The molecule has 1 amide bonds. The quantitative estimate of drug-likeness (QED) is 0.861. The molecule has 0 radical (unpaired) electrons. The number of hydrogen-bond acceptors (Lipinski definition) is 5. The monoisotopic (exact) mass is 373 g/mol. The van der Waals surface area contributed by atoms with Crippen LogP contribution in [0.5, 0.6) is 11.5 Å². The fourth-order valence-electron chi connectivity index (χ4n) is 3.52. The number of aryl methyl sites for hydroxylation is 1. The zero-order valence-corrected chi connectivity index (χ0v) is 15.9. The lowest BCUT2D eigenvalue weighted by atomic mass is 9.89. The van der Waals surface area contributed by atoms with Gasteiger partial charge in [0, 0.05) is 19.3 Å². The minimum Gasteiger partial charge on any atom is -0.493 e. The van der Waals surface area contributed by atoms with E-state index in [1.807, 2.05) is 13.0 Å². The van der Waals surface area contributed by atoms with Crippen molar-refractivity contribution in [1.29, 1.82) is 0 Å². The first-order chi connectivity index (χ1) is 12.9. The molecule has 1 aromatic carbocycles. The molecular weight excluding hydrogens is 350 g/mol. The Morgan fingerprint density at radius 3 is 2.48 bits per heavy atom. The maximum absolute atomic E-state index is 13.1. The van der Waals surface area contributed by atoms with Crippen molar-refractivity contribution in [2.75, 3.05) is 20.8 Å². The Kier molecular flexibility index (Phi) is 5.07. The lowest BCUT2D eigenvalue weighted by molar-refractivity contribution is -0.138. The van der Waals surface area contributed by atoms with Gasteiger partial charge in [0.25, 0.3) is 5.91 Å². The van der Waals surface area contributed by atoms with Gasteiger partial charge in [-0.2, -0.15) is 5.10 Å². The molecule has 1 unspecified atom stereocenters. The topological polar surface area (TPSA) is 93.9 Å². The number of aromatic nitrogens is 2. The van der Waals surface area contributed by atoms with Gasteiger partial charge in [-0.25, -0.2) is 0 Å². The maximum Gasteiger partial charge on any atom is 0.305 e. The fourth-order valence-corrected chi connectivity index (χ4v) is 3.52. The molecule has 8 nitrogen and oxygen atoms in total. The first kappa shape index (κ1) is 18.8. The number of aliphatic carboxylic acids is 1. The van der Waals surface area contributed by atoms with Gasteiger partial charge in [-0.15, -0.1) is 0 Å². The molecule has 27 heavy (non-hydrogen) atoms. The van der Waals surface area contributed by atoms with Crippen molar-refractivity contribution in [2.24, 2.45) is 7.05 Å². The second-order valence-electron chi connectivity index (χ2n) is 6.54. The summed E-state index contributed by atoms with van der Waals surface area (Å²) in [5.41, 5.74) is 2.96. The number of carbonyl (C=O) groups is 2. The van der Waals surface area contributed by atoms with Crippen LogP contribution in [0.2, 0.25) is 0 Å². The van der Waals surface area contributed by atoms with Gasteiger partial charge in [-0.05, 0) is 36.6 Å². The summed E-state index contributed by atoms with van der Waals surface area (Å²) in [6.07, 6.45) is 1.95. The maximum atomic E-state index is 13.1. The molecule has 0 bridgehead atoms. The molecule has 0 aliphatic carbocycles. The van der Waals surface area contributed by atoms with Crippen LogP contribution in [0, 0.1) is 6.92 Å². The third kappa shape index (κ3) is 3.34.